The summed E-state index contributed by atoms with van der Waals surface area (Å²) in [6, 6.07) is 6.93. The van der Waals surface area contributed by atoms with Gasteiger partial charge in [0.1, 0.15) is 5.75 Å². The third-order valence-corrected chi connectivity index (χ3v) is 3.06. The zero-order valence-electron chi connectivity index (χ0n) is 8.08. The Morgan fingerprint density at radius 2 is 1.76 bits per heavy atom. The van der Waals surface area contributed by atoms with Crippen LogP contribution >= 0.6 is 0 Å². The summed E-state index contributed by atoms with van der Waals surface area (Å²) in [7, 11) is -4.33. The summed E-state index contributed by atoms with van der Waals surface area (Å²) in [5.41, 5.74) is 5.98. The van der Waals surface area contributed by atoms with Crippen molar-refractivity contribution < 1.29 is 18.1 Å². The number of phenols is 1. The van der Waals surface area contributed by atoms with E-state index in [0.29, 0.717) is 16.5 Å². The first-order valence-corrected chi connectivity index (χ1v) is 5.82. The molecule has 86 valence electrons. The fourth-order valence-corrected chi connectivity index (χ4v) is 2.03. The Morgan fingerprint density at radius 1 is 1.12 bits per heavy atom. The predicted molar refractivity (Wildman–Crippen MR) is 67.0 cm³/mol. The van der Waals surface area contributed by atoms with Crippen LogP contribution in [-0.2, 0) is 10.1 Å². The van der Waals surface area contributed by atoms with Crippen molar-refractivity contribution in [2.75, 3.05) is 5.73 Å². The third kappa shape index (κ3) is 3.19. The number of nitrogens with two attached hydrogens (primary N) is 1. The summed E-state index contributed by atoms with van der Waals surface area (Å²) in [5.74, 6) is -0.217. The summed E-state index contributed by atoms with van der Waals surface area (Å²) in [6.07, 6.45) is 0. The fourth-order valence-electron chi connectivity index (χ4n) is 1.49. The fraction of sp³-hybridized carbons (Fsp3) is 0. The molecule has 4 N–H and O–H groups in total. The first-order valence-electron chi connectivity index (χ1n) is 4.38. The van der Waals surface area contributed by atoms with Crippen molar-refractivity contribution in [3.8, 4) is 5.75 Å². The second kappa shape index (κ2) is 5.23. The molecular formula is C10H10KNO4S. The average molecular weight is 279 g/mol. The molecule has 2 aromatic carbocycles. The number of phenolic OH excluding ortho intramolecular Hbond substituents is 1. The molecule has 0 spiro atoms. The van der Waals surface area contributed by atoms with Gasteiger partial charge in [-0.15, -0.1) is 0 Å². The molecule has 0 saturated heterocycles. The topological polar surface area (TPSA) is 101 Å². The standard InChI is InChI=1S/C10H9NO4S.K.H/c11-7-1-2-9-6(3-7)4-8(5-10(9)12)16(13,14)15;;/h1-5,12H,11H2,(H,13,14,15);;. The van der Waals surface area contributed by atoms with Crippen molar-refractivity contribution in [2.45, 2.75) is 4.90 Å². The molecule has 0 heterocycles. The molecule has 2 rings (SSSR count). The third-order valence-electron chi connectivity index (χ3n) is 2.23. The summed E-state index contributed by atoms with van der Waals surface area (Å²) in [5, 5.41) is 10.5. The quantitative estimate of drug-likeness (QED) is 0.406. The van der Waals surface area contributed by atoms with Crippen LogP contribution in [-0.4, -0.2) is 69.5 Å². The van der Waals surface area contributed by atoms with Gasteiger partial charge in [0, 0.05) is 17.1 Å². The predicted octanol–water partition coefficient (Wildman–Crippen LogP) is 0.726. The molecule has 0 unspecified atom stereocenters. The molecule has 0 aliphatic carbocycles. The molecule has 0 saturated carbocycles. The number of hydrogen-bond donors (Lipinski definition) is 3. The van der Waals surface area contributed by atoms with Gasteiger partial charge in [-0.25, -0.2) is 0 Å². The van der Waals surface area contributed by atoms with Crippen LogP contribution in [0.3, 0.4) is 0 Å². The van der Waals surface area contributed by atoms with Gasteiger partial charge < -0.3 is 10.8 Å². The van der Waals surface area contributed by atoms with E-state index in [1.807, 2.05) is 0 Å². The van der Waals surface area contributed by atoms with Crippen LogP contribution < -0.4 is 5.73 Å². The molecule has 0 aromatic heterocycles. The van der Waals surface area contributed by atoms with Crippen molar-refractivity contribution in [3.63, 3.8) is 0 Å². The van der Waals surface area contributed by atoms with Gasteiger partial charge in [0.2, 0.25) is 0 Å². The average Bonchev–Trinajstić information content (AvgIpc) is 2.15. The number of hydrogen-bond acceptors (Lipinski definition) is 4. The van der Waals surface area contributed by atoms with Crippen molar-refractivity contribution in [3.05, 3.63) is 30.3 Å². The van der Waals surface area contributed by atoms with E-state index in [0.717, 1.165) is 6.07 Å². The van der Waals surface area contributed by atoms with E-state index in [1.54, 1.807) is 12.1 Å². The summed E-state index contributed by atoms with van der Waals surface area (Å²) < 4.78 is 30.7. The van der Waals surface area contributed by atoms with Crippen LogP contribution in [0, 0.1) is 0 Å². The Hall–Kier alpha value is -0.154. The maximum atomic E-state index is 10.9. The first kappa shape index (κ1) is 14.9. The van der Waals surface area contributed by atoms with Gasteiger partial charge in [-0.1, -0.05) is 0 Å². The van der Waals surface area contributed by atoms with Crippen molar-refractivity contribution in [1.29, 1.82) is 0 Å². The van der Waals surface area contributed by atoms with Crippen LogP contribution in [0.25, 0.3) is 10.8 Å². The zero-order valence-corrected chi connectivity index (χ0v) is 8.90. The summed E-state index contributed by atoms with van der Waals surface area (Å²) in [6.45, 7) is 0. The van der Waals surface area contributed by atoms with Crippen LogP contribution in [0.5, 0.6) is 5.75 Å². The number of nitrogen functional groups attached to an aromatic ring is 1. The molecule has 17 heavy (non-hydrogen) atoms. The van der Waals surface area contributed by atoms with E-state index >= 15 is 0 Å². The maximum absolute atomic E-state index is 10.9. The molecular weight excluding hydrogens is 269 g/mol. The first-order chi connectivity index (χ1) is 7.38. The SMILES string of the molecule is Nc1ccc2c(O)cc(S(=O)(=O)O)cc2c1.[KH]. The van der Waals surface area contributed by atoms with E-state index in [-0.39, 0.29) is 62.0 Å². The second-order valence-corrected chi connectivity index (χ2v) is 4.82. The molecule has 0 amide bonds. The normalized spacial score (nSPS) is 11.1. The van der Waals surface area contributed by atoms with Crippen LogP contribution in [0.1, 0.15) is 0 Å². The van der Waals surface area contributed by atoms with Gasteiger partial charge >= 0.3 is 51.4 Å². The van der Waals surface area contributed by atoms with Crippen LogP contribution in [0.2, 0.25) is 0 Å². The molecule has 5 nitrogen and oxygen atoms in total. The molecule has 0 radical (unpaired) electrons. The van der Waals surface area contributed by atoms with E-state index in [4.69, 9.17) is 10.3 Å². The van der Waals surface area contributed by atoms with E-state index < -0.39 is 10.1 Å². The van der Waals surface area contributed by atoms with Gasteiger partial charge in [0.15, 0.2) is 0 Å². The van der Waals surface area contributed by atoms with Gasteiger partial charge in [0.25, 0.3) is 10.1 Å². The number of aromatic hydroxyl groups is 1. The van der Waals surface area contributed by atoms with Gasteiger partial charge in [-0.05, 0) is 29.7 Å². The Balaban J connectivity index is 0.00000144. The second-order valence-electron chi connectivity index (χ2n) is 3.40. The zero-order chi connectivity index (χ0) is 11.9. The van der Waals surface area contributed by atoms with Gasteiger partial charge in [0.05, 0.1) is 4.90 Å². The number of fused-ring (bicyclic) bond motifs is 1. The van der Waals surface area contributed by atoms with Gasteiger partial charge in [-0.2, -0.15) is 8.42 Å². The molecule has 0 aliphatic rings. The van der Waals surface area contributed by atoms with Crippen LogP contribution in [0.15, 0.2) is 35.2 Å². The molecule has 0 atom stereocenters. The van der Waals surface area contributed by atoms with Crippen molar-refractivity contribution in [1.82, 2.24) is 0 Å². The minimum atomic E-state index is -4.33. The number of rotatable bonds is 1. The van der Waals surface area contributed by atoms with E-state index in [1.165, 1.54) is 12.1 Å². The minimum absolute atomic E-state index is 0. The van der Waals surface area contributed by atoms with Crippen LogP contribution in [0.4, 0.5) is 5.69 Å². The van der Waals surface area contributed by atoms with Gasteiger partial charge in [-0.3, -0.25) is 4.55 Å². The van der Waals surface area contributed by atoms with Crippen molar-refractivity contribution >= 4 is 78.0 Å². The Labute approximate surface area is 141 Å². The molecule has 0 fully saturated rings. The Kier molecular flexibility index (Phi) is 4.58. The Bertz CT molecular complexity index is 669. The molecule has 0 aliphatic heterocycles. The summed E-state index contributed by atoms with van der Waals surface area (Å²) >= 11 is 0. The molecule has 2 aromatic rings. The number of anilines is 1. The Morgan fingerprint density at radius 3 is 2.35 bits per heavy atom. The molecule has 7 heteroatoms. The van der Waals surface area contributed by atoms with E-state index in [9.17, 15) is 13.5 Å². The van der Waals surface area contributed by atoms with E-state index in [2.05, 4.69) is 0 Å². The van der Waals surface area contributed by atoms with Crippen molar-refractivity contribution in [2.24, 2.45) is 0 Å². The summed E-state index contributed by atoms with van der Waals surface area (Å²) in [4.78, 5) is -0.358. The monoisotopic (exact) mass is 279 g/mol. The number of benzene rings is 2. The molecule has 0 bridgehead atoms.